The summed E-state index contributed by atoms with van der Waals surface area (Å²) in [6, 6.07) is 8.39. The molecule has 3 nitrogen and oxygen atoms in total. The van der Waals surface area contributed by atoms with E-state index in [2.05, 4.69) is 17.6 Å². The van der Waals surface area contributed by atoms with Crippen LogP contribution in [0.5, 0.6) is 0 Å². The molecule has 19 heavy (non-hydrogen) atoms. The fourth-order valence-corrected chi connectivity index (χ4v) is 2.69. The zero-order valence-electron chi connectivity index (χ0n) is 11.9. The number of carbonyl (C=O) groups excluding carboxylic acids is 1. The van der Waals surface area contributed by atoms with Crippen LogP contribution in [-0.2, 0) is 4.79 Å². The van der Waals surface area contributed by atoms with Gasteiger partial charge in [0, 0.05) is 11.7 Å². The summed E-state index contributed by atoms with van der Waals surface area (Å²) < 4.78 is 0. The van der Waals surface area contributed by atoms with Crippen molar-refractivity contribution in [1.82, 2.24) is 5.32 Å². The van der Waals surface area contributed by atoms with Crippen LogP contribution in [0.2, 0.25) is 0 Å². The molecule has 0 aliphatic heterocycles. The van der Waals surface area contributed by atoms with E-state index in [4.69, 9.17) is 0 Å². The van der Waals surface area contributed by atoms with E-state index < -0.39 is 0 Å². The Morgan fingerprint density at radius 2 is 1.89 bits per heavy atom. The molecule has 3 heteroatoms. The third kappa shape index (κ3) is 4.35. The van der Waals surface area contributed by atoms with Gasteiger partial charge in [0.15, 0.2) is 0 Å². The highest BCUT2D eigenvalue weighted by Gasteiger charge is 2.21. The second kappa shape index (κ2) is 6.71. The van der Waals surface area contributed by atoms with Crippen LogP contribution < -0.4 is 10.6 Å². The van der Waals surface area contributed by atoms with Gasteiger partial charge in [0.2, 0.25) is 5.91 Å². The molecule has 2 rings (SSSR count). The van der Waals surface area contributed by atoms with Crippen LogP contribution in [0, 0.1) is 12.8 Å². The second-order valence-corrected chi connectivity index (χ2v) is 5.66. The number of benzene rings is 1. The normalized spacial score (nSPS) is 23.1. The summed E-state index contributed by atoms with van der Waals surface area (Å²) in [6.45, 7) is 4.72. The zero-order chi connectivity index (χ0) is 13.7. The van der Waals surface area contributed by atoms with Gasteiger partial charge in [-0.25, -0.2) is 0 Å². The van der Waals surface area contributed by atoms with Crippen molar-refractivity contribution in [3.8, 4) is 0 Å². The third-order valence-corrected chi connectivity index (χ3v) is 3.97. The minimum atomic E-state index is 0.0432. The Kier molecular flexibility index (Phi) is 4.97. The monoisotopic (exact) mass is 260 g/mol. The maximum absolute atomic E-state index is 11.9. The predicted octanol–water partition coefficient (Wildman–Crippen LogP) is 3.10. The maximum atomic E-state index is 11.9. The van der Waals surface area contributed by atoms with Gasteiger partial charge in [-0.15, -0.1) is 0 Å². The largest absolute Gasteiger partial charge is 0.325 e. The van der Waals surface area contributed by atoms with Crippen LogP contribution in [0.15, 0.2) is 24.3 Å². The Morgan fingerprint density at radius 3 is 2.58 bits per heavy atom. The van der Waals surface area contributed by atoms with Crippen molar-refractivity contribution in [3.63, 3.8) is 0 Å². The minimum absolute atomic E-state index is 0.0432. The Labute approximate surface area is 115 Å². The summed E-state index contributed by atoms with van der Waals surface area (Å²) in [4.78, 5) is 11.9. The van der Waals surface area contributed by atoms with Crippen molar-refractivity contribution >= 4 is 11.6 Å². The molecule has 2 atom stereocenters. The molecule has 2 unspecified atom stereocenters. The van der Waals surface area contributed by atoms with Crippen molar-refractivity contribution in [2.75, 3.05) is 11.9 Å². The molecular weight excluding hydrogens is 236 g/mol. The molecule has 1 aliphatic rings. The molecule has 0 saturated heterocycles. The molecule has 0 spiro atoms. The smallest absolute Gasteiger partial charge is 0.238 e. The molecule has 1 amide bonds. The van der Waals surface area contributed by atoms with Crippen LogP contribution in [0.25, 0.3) is 0 Å². The highest BCUT2D eigenvalue weighted by molar-refractivity contribution is 5.92. The topological polar surface area (TPSA) is 41.1 Å². The highest BCUT2D eigenvalue weighted by Crippen LogP contribution is 2.23. The Balaban J connectivity index is 1.76. The second-order valence-electron chi connectivity index (χ2n) is 5.66. The first kappa shape index (κ1) is 14.1. The summed E-state index contributed by atoms with van der Waals surface area (Å²) in [5.41, 5.74) is 2.07. The van der Waals surface area contributed by atoms with Gasteiger partial charge in [-0.3, -0.25) is 4.79 Å². The van der Waals surface area contributed by atoms with E-state index in [1.807, 2.05) is 31.2 Å². The summed E-state index contributed by atoms with van der Waals surface area (Å²) >= 11 is 0. The Bertz CT molecular complexity index is 413. The van der Waals surface area contributed by atoms with Crippen LogP contribution in [0.4, 0.5) is 5.69 Å². The average Bonchev–Trinajstić information content (AvgIpc) is 2.40. The van der Waals surface area contributed by atoms with Gasteiger partial charge in [-0.2, -0.15) is 0 Å². The molecule has 1 fully saturated rings. The number of amides is 1. The molecule has 1 aromatic rings. The third-order valence-electron chi connectivity index (χ3n) is 3.97. The molecular formula is C16H24N2O. The van der Waals surface area contributed by atoms with Gasteiger partial charge in [-0.1, -0.05) is 37.5 Å². The van der Waals surface area contributed by atoms with Crippen LogP contribution in [0.1, 0.15) is 38.2 Å². The minimum Gasteiger partial charge on any atom is -0.325 e. The molecule has 0 aromatic heterocycles. The highest BCUT2D eigenvalue weighted by atomic mass is 16.1. The summed E-state index contributed by atoms with van der Waals surface area (Å²) in [7, 11) is 0. The van der Waals surface area contributed by atoms with Gasteiger partial charge < -0.3 is 10.6 Å². The SMILES string of the molecule is Cc1ccc(NC(=O)CNC2CCCCC2C)cc1. The maximum Gasteiger partial charge on any atom is 0.238 e. The molecule has 0 heterocycles. The number of hydrogen-bond donors (Lipinski definition) is 2. The van der Waals surface area contributed by atoms with Gasteiger partial charge in [0.25, 0.3) is 0 Å². The zero-order valence-corrected chi connectivity index (χ0v) is 11.9. The Hall–Kier alpha value is -1.35. The first-order chi connectivity index (χ1) is 9.15. The lowest BCUT2D eigenvalue weighted by Crippen LogP contribution is -2.41. The fourth-order valence-electron chi connectivity index (χ4n) is 2.69. The van der Waals surface area contributed by atoms with E-state index in [0.29, 0.717) is 18.5 Å². The van der Waals surface area contributed by atoms with E-state index in [1.54, 1.807) is 0 Å². The lowest BCUT2D eigenvalue weighted by atomic mass is 9.86. The van der Waals surface area contributed by atoms with Crippen LogP contribution in [-0.4, -0.2) is 18.5 Å². The van der Waals surface area contributed by atoms with Gasteiger partial charge >= 0.3 is 0 Å². The summed E-state index contributed by atoms with van der Waals surface area (Å²) in [5.74, 6) is 0.725. The van der Waals surface area contributed by atoms with E-state index in [-0.39, 0.29) is 5.91 Å². The van der Waals surface area contributed by atoms with E-state index in [1.165, 1.54) is 31.2 Å². The molecule has 0 bridgehead atoms. The van der Waals surface area contributed by atoms with Crippen LogP contribution in [0.3, 0.4) is 0 Å². The van der Waals surface area contributed by atoms with Crippen molar-refractivity contribution in [2.24, 2.45) is 5.92 Å². The molecule has 1 aromatic carbocycles. The molecule has 104 valence electrons. The lowest BCUT2D eigenvalue weighted by molar-refractivity contribution is -0.115. The van der Waals surface area contributed by atoms with E-state index >= 15 is 0 Å². The molecule has 1 saturated carbocycles. The van der Waals surface area contributed by atoms with Gasteiger partial charge in [0.1, 0.15) is 0 Å². The first-order valence-electron chi connectivity index (χ1n) is 7.25. The first-order valence-corrected chi connectivity index (χ1v) is 7.25. The number of hydrogen-bond acceptors (Lipinski definition) is 2. The number of aryl methyl sites for hydroxylation is 1. The Morgan fingerprint density at radius 1 is 1.21 bits per heavy atom. The van der Waals surface area contributed by atoms with E-state index in [0.717, 1.165) is 5.69 Å². The molecule has 0 radical (unpaired) electrons. The van der Waals surface area contributed by atoms with Crippen molar-refractivity contribution < 1.29 is 4.79 Å². The number of nitrogens with one attached hydrogen (secondary N) is 2. The standard InChI is InChI=1S/C16H24N2O/c1-12-7-9-14(10-8-12)18-16(19)11-17-15-6-4-3-5-13(15)2/h7-10,13,15,17H,3-6,11H2,1-2H3,(H,18,19). The fraction of sp³-hybridized carbons (Fsp3) is 0.562. The summed E-state index contributed by atoms with van der Waals surface area (Å²) in [5, 5.41) is 6.31. The summed E-state index contributed by atoms with van der Waals surface area (Å²) in [6.07, 6.45) is 5.08. The van der Waals surface area contributed by atoms with Crippen LogP contribution >= 0.6 is 0 Å². The van der Waals surface area contributed by atoms with Crippen molar-refractivity contribution in [2.45, 2.75) is 45.6 Å². The molecule has 2 N–H and O–H groups in total. The van der Waals surface area contributed by atoms with E-state index in [9.17, 15) is 4.79 Å². The van der Waals surface area contributed by atoms with Gasteiger partial charge in [0.05, 0.1) is 6.54 Å². The number of carbonyl (C=O) groups is 1. The predicted molar refractivity (Wildman–Crippen MR) is 79.2 cm³/mol. The van der Waals surface area contributed by atoms with Crippen molar-refractivity contribution in [1.29, 1.82) is 0 Å². The lowest BCUT2D eigenvalue weighted by Gasteiger charge is -2.29. The number of anilines is 1. The quantitative estimate of drug-likeness (QED) is 0.873. The van der Waals surface area contributed by atoms with Crippen molar-refractivity contribution in [3.05, 3.63) is 29.8 Å². The number of rotatable bonds is 4. The average molecular weight is 260 g/mol. The van der Waals surface area contributed by atoms with Gasteiger partial charge in [-0.05, 0) is 37.8 Å². The molecule has 1 aliphatic carbocycles.